The molecule has 1 unspecified atom stereocenters. The lowest BCUT2D eigenvalue weighted by molar-refractivity contribution is 0.230. The zero-order chi connectivity index (χ0) is 13.8. The molecule has 1 N–H and O–H groups in total. The first-order valence-electron chi connectivity index (χ1n) is 7.33. The van der Waals surface area contributed by atoms with E-state index in [1.54, 1.807) is 6.07 Å². The van der Waals surface area contributed by atoms with Crippen LogP contribution in [0.4, 0.5) is 10.1 Å². The molecule has 1 saturated heterocycles. The Bertz CT molecular complexity index is 417. The van der Waals surface area contributed by atoms with Gasteiger partial charge in [-0.3, -0.25) is 0 Å². The molecule has 0 bridgehead atoms. The van der Waals surface area contributed by atoms with Crippen LogP contribution in [0.1, 0.15) is 38.7 Å². The molecule has 0 amide bonds. The average molecular weight is 264 g/mol. The van der Waals surface area contributed by atoms with Gasteiger partial charge in [-0.25, -0.2) is 4.39 Å². The number of likely N-dealkylation sites (tertiary alicyclic amines) is 1. The molecule has 2 rings (SSSR count). The second kappa shape index (κ2) is 6.38. The van der Waals surface area contributed by atoms with Gasteiger partial charge < -0.3 is 10.2 Å². The molecule has 0 spiro atoms. The SMILES string of the molecule is Cc1ccc(F)cc1NC1CCCN(C(C)C)CC1. The highest BCUT2D eigenvalue weighted by Gasteiger charge is 2.18. The van der Waals surface area contributed by atoms with Gasteiger partial charge in [0.05, 0.1) is 0 Å². The van der Waals surface area contributed by atoms with Crippen molar-refractivity contribution in [1.29, 1.82) is 0 Å². The summed E-state index contributed by atoms with van der Waals surface area (Å²) >= 11 is 0. The molecule has 1 aromatic rings. The van der Waals surface area contributed by atoms with Crippen molar-refractivity contribution in [2.45, 2.75) is 52.1 Å². The Balaban J connectivity index is 1.98. The molecule has 0 aromatic heterocycles. The summed E-state index contributed by atoms with van der Waals surface area (Å²) in [4.78, 5) is 2.53. The normalized spacial score (nSPS) is 21.4. The first-order valence-corrected chi connectivity index (χ1v) is 7.33. The molecule has 1 aromatic carbocycles. The van der Waals surface area contributed by atoms with Crippen LogP contribution in [0, 0.1) is 12.7 Å². The van der Waals surface area contributed by atoms with Gasteiger partial charge >= 0.3 is 0 Å². The largest absolute Gasteiger partial charge is 0.382 e. The first kappa shape index (κ1) is 14.3. The minimum absolute atomic E-state index is 0.162. The minimum Gasteiger partial charge on any atom is -0.382 e. The molecule has 1 aliphatic heterocycles. The molecule has 0 saturated carbocycles. The molecule has 1 heterocycles. The van der Waals surface area contributed by atoms with Gasteiger partial charge in [-0.1, -0.05) is 6.07 Å². The quantitative estimate of drug-likeness (QED) is 0.893. The van der Waals surface area contributed by atoms with Crippen LogP contribution in [0.15, 0.2) is 18.2 Å². The first-order chi connectivity index (χ1) is 9.06. The van der Waals surface area contributed by atoms with E-state index < -0.39 is 0 Å². The lowest BCUT2D eigenvalue weighted by Gasteiger charge is -2.24. The van der Waals surface area contributed by atoms with Crippen molar-refractivity contribution < 1.29 is 4.39 Å². The number of anilines is 1. The van der Waals surface area contributed by atoms with E-state index in [-0.39, 0.29) is 5.82 Å². The molecule has 1 fully saturated rings. The summed E-state index contributed by atoms with van der Waals surface area (Å²) in [5.74, 6) is -0.162. The predicted octanol–water partition coefficient (Wildman–Crippen LogP) is 3.81. The van der Waals surface area contributed by atoms with Gasteiger partial charge in [0.25, 0.3) is 0 Å². The Hall–Kier alpha value is -1.09. The highest BCUT2D eigenvalue weighted by atomic mass is 19.1. The van der Waals surface area contributed by atoms with Crippen LogP contribution in [-0.4, -0.2) is 30.1 Å². The van der Waals surface area contributed by atoms with Crippen LogP contribution < -0.4 is 5.32 Å². The molecule has 3 heteroatoms. The molecular weight excluding hydrogens is 239 g/mol. The number of halogens is 1. The maximum atomic E-state index is 13.3. The van der Waals surface area contributed by atoms with E-state index in [1.165, 1.54) is 25.5 Å². The van der Waals surface area contributed by atoms with Crippen LogP contribution >= 0.6 is 0 Å². The third-order valence-corrected chi connectivity index (χ3v) is 4.05. The van der Waals surface area contributed by atoms with Crippen LogP contribution in [0.25, 0.3) is 0 Å². The highest BCUT2D eigenvalue weighted by Crippen LogP contribution is 2.21. The monoisotopic (exact) mass is 264 g/mol. The number of nitrogens with one attached hydrogen (secondary N) is 1. The molecule has 1 aliphatic rings. The number of benzene rings is 1. The fourth-order valence-corrected chi connectivity index (χ4v) is 2.75. The van der Waals surface area contributed by atoms with E-state index in [1.807, 2.05) is 13.0 Å². The minimum atomic E-state index is -0.162. The number of nitrogens with zero attached hydrogens (tertiary/aromatic N) is 1. The van der Waals surface area contributed by atoms with Gasteiger partial charge in [0, 0.05) is 24.3 Å². The van der Waals surface area contributed by atoms with Crippen molar-refractivity contribution in [3.05, 3.63) is 29.6 Å². The van der Waals surface area contributed by atoms with Gasteiger partial charge in [0.1, 0.15) is 5.82 Å². The maximum Gasteiger partial charge on any atom is 0.125 e. The smallest absolute Gasteiger partial charge is 0.125 e. The molecule has 106 valence electrons. The Labute approximate surface area is 116 Å². The number of rotatable bonds is 3. The number of hydrogen-bond donors (Lipinski definition) is 1. The van der Waals surface area contributed by atoms with Gasteiger partial charge in [0.15, 0.2) is 0 Å². The van der Waals surface area contributed by atoms with Crippen LogP contribution in [0.2, 0.25) is 0 Å². The molecule has 0 aliphatic carbocycles. The topological polar surface area (TPSA) is 15.3 Å². The summed E-state index contributed by atoms with van der Waals surface area (Å²) < 4.78 is 13.3. The second-order valence-corrected chi connectivity index (χ2v) is 5.86. The molecule has 1 atom stereocenters. The van der Waals surface area contributed by atoms with Crippen LogP contribution in [0.3, 0.4) is 0 Å². The van der Waals surface area contributed by atoms with Crippen LogP contribution in [0.5, 0.6) is 0 Å². The van der Waals surface area contributed by atoms with Crippen LogP contribution in [-0.2, 0) is 0 Å². The summed E-state index contributed by atoms with van der Waals surface area (Å²) in [6.07, 6.45) is 3.51. The van der Waals surface area contributed by atoms with Crippen molar-refractivity contribution >= 4 is 5.69 Å². The van der Waals surface area contributed by atoms with Gasteiger partial charge in [-0.05, 0) is 64.3 Å². The van der Waals surface area contributed by atoms with E-state index in [2.05, 4.69) is 24.1 Å². The van der Waals surface area contributed by atoms with Gasteiger partial charge in [-0.2, -0.15) is 0 Å². The standard InChI is InChI=1S/C16H25FN2/c1-12(2)19-9-4-5-15(8-10-19)18-16-11-14(17)7-6-13(16)3/h6-7,11-12,15,18H,4-5,8-10H2,1-3H3. The molecule has 0 radical (unpaired) electrons. The fourth-order valence-electron chi connectivity index (χ4n) is 2.75. The third kappa shape index (κ3) is 3.93. The molecule has 2 nitrogen and oxygen atoms in total. The van der Waals surface area contributed by atoms with Crippen molar-refractivity contribution in [3.8, 4) is 0 Å². The molecule has 19 heavy (non-hydrogen) atoms. The van der Waals surface area contributed by atoms with Crippen molar-refractivity contribution in [3.63, 3.8) is 0 Å². The number of hydrogen-bond acceptors (Lipinski definition) is 2. The Morgan fingerprint density at radius 1 is 1.26 bits per heavy atom. The summed E-state index contributed by atoms with van der Waals surface area (Å²) in [6, 6.07) is 6.06. The van der Waals surface area contributed by atoms with E-state index in [9.17, 15) is 4.39 Å². The maximum absolute atomic E-state index is 13.3. The Kier molecular flexibility index (Phi) is 4.81. The zero-order valence-corrected chi connectivity index (χ0v) is 12.2. The zero-order valence-electron chi connectivity index (χ0n) is 12.2. The third-order valence-electron chi connectivity index (χ3n) is 4.05. The summed E-state index contributed by atoms with van der Waals surface area (Å²) in [7, 11) is 0. The average Bonchev–Trinajstić information content (AvgIpc) is 2.59. The predicted molar refractivity (Wildman–Crippen MR) is 79.1 cm³/mol. The number of aryl methyl sites for hydroxylation is 1. The highest BCUT2D eigenvalue weighted by molar-refractivity contribution is 5.51. The van der Waals surface area contributed by atoms with Gasteiger partial charge in [-0.15, -0.1) is 0 Å². The fraction of sp³-hybridized carbons (Fsp3) is 0.625. The van der Waals surface area contributed by atoms with E-state index in [4.69, 9.17) is 0 Å². The molecular formula is C16H25FN2. The van der Waals surface area contributed by atoms with E-state index in [0.717, 1.165) is 24.2 Å². The summed E-state index contributed by atoms with van der Waals surface area (Å²) in [5.41, 5.74) is 2.06. The van der Waals surface area contributed by atoms with Gasteiger partial charge in [0.2, 0.25) is 0 Å². The Morgan fingerprint density at radius 2 is 2.05 bits per heavy atom. The second-order valence-electron chi connectivity index (χ2n) is 5.86. The Morgan fingerprint density at radius 3 is 2.79 bits per heavy atom. The van der Waals surface area contributed by atoms with Crippen molar-refractivity contribution in [2.75, 3.05) is 18.4 Å². The van der Waals surface area contributed by atoms with Crippen molar-refractivity contribution in [2.24, 2.45) is 0 Å². The van der Waals surface area contributed by atoms with E-state index in [0.29, 0.717) is 12.1 Å². The van der Waals surface area contributed by atoms with Crippen molar-refractivity contribution in [1.82, 2.24) is 4.90 Å². The lowest BCUT2D eigenvalue weighted by atomic mass is 10.1. The lowest BCUT2D eigenvalue weighted by Crippen LogP contribution is -2.32. The summed E-state index contributed by atoms with van der Waals surface area (Å²) in [6.45, 7) is 8.84. The van der Waals surface area contributed by atoms with E-state index >= 15 is 0 Å². The summed E-state index contributed by atoms with van der Waals surface area (Å²) in [5, 5.41) is 3.52.